The van der Waals surface area contributed by atoms with Crippen molar-refractivity contribution >= 4 is 50.7 Å². The zero-order chi connectivity index (χ0) is 27.2. The highest BCUT2D eigenvalue weighted by molar-refractivity contribution is 7.92. The second-order valence-corrected chi connectivity index (χ2v) is 11.1. The van der Waals surface area contributed by atoms with Crippen LogP contribution in [-0.4, -0.2) is 44.8 Å². The van der Waals surface area contributed by atoms with E-state index in [1.54, 1.807) is 25.1 Å². The van der Waals surface area contributed by atoms with Crippen LogP contribution in [0.2, 0.25) is 10.0 Å². The Labute approximate surface area is 228 Å². The number of carbonyl (C=O) groups excluding carboxylic acids is 2. The SMILES string of the molecule is CC[C@H](C(=O)NC)N(Cc1ccc(C)cc1)C(=O)CN(c1ccc(Cl)c(Cl)c1)S(=O)(=O)c1ccccc1. The van der Waals surface area contributed by atoms with Crippen molar-refractivity contribution in [2.75, 3.05) is 17.9 Å². The average Bonchev–Trinajstić information content (AvgIpc) is 2.90. The smallest absolute Gasteiger partial charge is 0.264 e. The summed E-state index contributed by atoms with van der Waals surface area (Å²) in [6, 6.07) is 19.0. The Bertz CT molecular complexity index is 1350. The van der Waals surface area contributed by atoms with Gasteiger partial charge in [-0.05, 0) is 49.2 Å². The van der Waals surface area contributed by atoms with Crippen LogP contribution >= 0.6 is 23.2 Å². The van der Waals surface area contributed by atoms with Crippen LogP contribution in [0.1, 0.15) is 24.5 Å². The van der Waals surface area contributed by atoms with E-state index >= 15 is 0 Å². The number of carbonyl (C=O) groups is 2. The number of aryl methyl sites for hydroxylation is 1. The van der Waals surface area contributed by atoms with Crippen molar-refractivity contribution in [3.8, 4) is 0 Å². The molecule has 1 atom stereocenters. The van der Waals surface area contributed by atoms with Gasteiger partial charge in [0.15, 0.2) is 0 Å². The Morgan fingerprint density at radius 1 is 0.946 bits per heavy atom. The summed E-state index contributed by atoms with van der Waals surface area (Å²) >= 11 is 12.3. The average molecular weight is 563 g/mol. The maximum Gasteiger partial charge on any atom is 0.264 e. The number of benzene rings is 3. The van der Waals surface area contributed by atoms with E-state index in [0.29, 0.717) is 6.42 Å². The molecule has 0 aromatic heterocycles. The molecule has 10 heteroatoms. The van der Waals surface area contributed by atoms with Crippen molar-refractivity contribution in [2.45, 2.75) is 37.8 Å². The van der Waals surface area contributed by atoms with Crippen molar-refractivity contribution in [1.29, 1.82) is 0 Å². The number of amides is 2. The van der Waals surface area contributed by atoms with Crippen LogP contribution < -0.4 is 9.62 Å². The van der Waals surface area contributed by atoms with Gasteiger partial charge in [0.2, 0.25) is 11.8 Å². The predicted molar refractivity (Wildman–Crippen MR) is 147 cm³/mol. The summed E-state index contributed by atoms with van der Waals surface area (Å²) in [7, 11) is -2.66. The lowest BCUT2D eigenvalue weighted by Crippen LogP contribution is -2.51. The molecular weight excluding hydrogens is 533 g/mol. The molecule has 3 rings (SSSR count). The van der Waals surface area contributed by atoms with E-state index in [1.165, 1.54) is 42.3 Å². The van der Waals surface area contributed by atoms with Crippen molar-refractivity contribution in [3.05, 3.63) is 94.0 Å². The van der Waals surface area contributed by atoms with Crippen LogP contribution in [0.5, 0.6) is 0 Å². The summed E-state index contributed by atoms with van der Waals surface area (Å²) < 4.78 is 28.4. The fraction of sp³-hybridized carbons (Fsp3) is 0.259. The number of hydrogen-bond acceptors (Lipinski definition) is 4. The fourth-order valence-corrected chi connectivity index (χ4v) is 5.58. The minimum absolute atomic E-state index is 0.0114. The molecule has 0 saturated heterocycles. The normalized spacial score (nSPS) is 12.0. The molecule has 3 aromatic rings. The van der Waals surface area contributed by atoms with Crippen LogP contribution in [0.25, 0.3) is 0 Å². The molecule has 0 bridgehead atoms. The molecule has 0 aliphatic carbocycles. The second-order valence-electron chi connectivity index (χ2n) is 8.47. The lowest BCUT2D eigenvalue weighted by Gasteiger charge is -2.33. The molecule has 37 heavy (non-hydrogen) atoms. The van der Waals surface area contributed by atoms with E-state index in [2.05, 4.69) is 5.32 Å². The molecule has 0 radical (unpaired) electrons. The molecule has 0 saturated carbocycles. The van der Waals surface area contributed by atoms with E-state index in [-0.39, 0.29) is 33.1 Å². The first-order valence-electron chi connectivity index (χ1n) is 11.7. The third-order valence-electron chi connectivity index (χ3n) is 5.91. The first-order valence-corrected chi connectivity index (χ1v) is 13.9. The van der Waals surface area contributed by atoms with Crippen molar-refractivity contribution in [2.24, 2.45) is 0 Å². The van der Waals surface area contributed by atoms with Gasteiger partial charge in [0.1, 0.15) is 12.6 Å². The third-order valence-corrected chi connectivity index (χ3v) is 8.43. The highest BCUT2D eigenvalue weighted by atomic mass is 35.5. The summed E-state index contributed by atoms with van der Waals surface area (Å²) in [5.41, 5.74) is 2.04. The Morgan fingerprint density at radius 3 is 2.16 bits per heavy atom. The highest BCUT2D eigenvalue weighted by Gasteiger charge is 2.33. The summed E-state index contributed by atoms with van der Waals surface area (Å²) in [5.74, 6) is -0.878. The molecule has 0 heterocycles. The van der Waals surface area contributed by atoms with E-state index in [1.807, 2.05) is 31.2 Å². The first-order chi connectivity index (χ1) is 17.6. The third kappa shape index (κ3) is 6.83. The Balaban J connectivity index is 2.06. The largest absolute Gasteiger partial charge is 0.357 e. The molecule has 196 valence electrons. The molecule has 1 N–H and O–H groups in total. The first kappa shape index (κ1) is 28.5. The Hall–Kier alpha value is -3.07. The zero-order valence-electron chi connectivity index (χ0n) is 20.8. The lowest BCUT2D eigenvalue weighted by atomic mass is 10.1. The minimum Gasteiger partial charge on any atom is -0.357 e. The van der Waals surface area contributed by atoms with Crippen LogP contribution in [0.15, 0.2) is 77.7 Å². The highest BCUT2D eigenvalue weighted by Crippen LogP contribution is 2.31. The van der Waals surface area contributed by atoms with Gasteiger partial charge in [-0.3, -0.25) is 13.9 Å². The Kier molecular flexibility index (Phi) is 9.59. The van der Waals surface area contributed by atoms with E-state index in [4.69, 9.17) is 23.2 Å². The van der Waals surface area contributed by atoms with Crippen LogP contribution in [0, 0.1) is 6.92 Å². The van der Waals surface area contributed by atoms with E-state index < -0.39 is 28.5 Å². The quantitative estimate of drug-likeness (QED) is 0.375. The number of halogens is 2. The maximum absolute atomic E-state index is 13.8. The molecule has 0 aliphatic heterocycles. The summed E-state index contributed by atoms with van der Waals surface area (Å²) in [4.78, 5) is 28.0. The van der Waals surface area contributed by atoms with Gasteiger partial charge in [0.05, 0.1) is 20.6 Å². The van der Waals surface area contributed by atoms with E-state index in [0.717, 1.165) is 15.4 Å². The van der Waals surface area contributed by atoms with Gasteiger partial charge in [0.25, 0.3) is 10.0 Å². The lowest BCUT2D eigenvalue weighted by molar-refractivity contribution is -0.140. The minimum atomic E-state index is -4.17. The molecule has 0 spiro atoms. The molecule has 2 amide bonds. The molecule has 0 aliphatic rings. The maximum atomic E-state index is 13.8. The number of nitrogens with one attached hydrogen (secondary N) is 1. The summed E-state index contributed by atoms with van der Waals surface area (Å²) in [6.45, 7) is 3.34. The fourth-order valence-electron chi connectivity index (χ4n) is 3.86. The summed E-state index contributed by atoms with van der Waals surface area (Å²) in [6.07, 6.45) is 0.343. The van der Waals surface area contributed by atoms with Crippen LogP contribution in [0.4, 0.5) is 5.69 Å². The van der Waals surface area contributed by atoms with Crippen LogP contribution in [0.3, 0.4) is 0 Å². The number of sulfonamides is 1. The molecular formula is C27H29Cl2N3O4S. The monoisotopic (exact) mass is 561 g/mol. The van der Waals surface area contributed by atoms with Gasteiger partial charge in [-0.15, -0.1) is 0 Å². The molecule has 0 fully saturated rings. The van der Waals surface area contributed by atoms with Gasteiger partial charge in [0, 0.05) is 13.6 Å². The van der Waals surface area contributed by atoms with Gasteiger partial charge < -0.3 is 10.2 Å². The molecule has 0 unspecified atom stereocenters. The van der Waals surface area contributed by atoms with E-state index in [9.17, 15) is 18.0 Å². The predicted octanol–water partition coefficient (Wildman–Crippen LogP) is 5.05. The zero-order valence-corrected chi connectivity index (χ0v) is 23.1. The standard InChI is InChI=1S/C27H29Cl2N3O4S/c1-4-25(27(34)30-3)31(17-20-12-10-19(2)11-13-20)26(33)18-32(21-14-15-23(28)24(29)16-21)37(35,36)22-8-6-5-7-9-22/h5-16,25H,4,17-18H2,1-3H3,(H,30,34)/t25-/m1/s1. The van der Waals surface area contributed by atoms with Gasteiger partial charge in [-0.25, -0.2) is 8.42 Å². The molecule has 7 nitrogen and oxygen atoms in total. The van der Waals surface area contributed by atoms with Gasteiger partial charge >= 0.3 is 0 Å². The second kappa shape index (κ2) is 12.4. The number of nitrogens with zero attached hydrogens (tertiary/aromatic N) is 2. The van der Waals surface area contributed by atoms with Crippen molar-refractivity contribution in [1.82, 2.24) is 10.2 Å². The van der Waals surface area contributed by atoms with Crippen LogP contribution in [-0.2, 0) is 26.2 Å². The Morgan fingerprint density at radius 2 is 1.59 bits per heavy atom. The van der Waals surface area contributed by atoms with Crippen molar-refractivity contribution < 1.29 is 18.0 Å². The number of anilines is 1. The van der Waals surface area contributed by atoms with Crippen molar-refractivity contribution in [3.63, 3.8) is 0 Å². The number of hydrogen-bond donors (Lipinski definition) is 1. The van der Waals surface area contributed by atoms with Gasteiger partial charge in [-0.1, -0.05) is 78.2 Å². The molecule has 3 aromatic carbocycles. The van der Waals surface area contributed by atoms with Gasteiger partial charge in [-0.2, -0.15) is 0 Å². The number of rotatable bonds is 10. The topological polar surface area (TPSA) is 86.8 Å². The number of likely N-dealkylation sites (N-methyl/N-ethyl adjacent to an activating group) is 1. The summed E-state index contributed by atoms with van der Waals surface area (Å²) in [5, 5.41) is 3.00.